The highest BCUT2D eigenvalue weighted by atomic mass is 32.2. The lowest BCUT2D eigenvalue weighted by Crippen LogP contribution is -2.32. The molecule has 0 amide bonds. The number of thiocarbonyl (C=S) groups is 1. The van der Waals surface area contributed by atoms with Crippen molar-refractivity contribution in [1.29, 1.82) is 0 Å². The van der Waals surface area contributed by atoms with Crippen molar-refractivity contribution in [3.63, 3.8) is 0 Å². The van der Waals surface area contributed by atoms with Crippen LogP contribution in [0.3, 0.4) is 0 Å². The first kappa shape index (κ1) is 10.7. The second-order valence-corrected chi connectivity index (χ2v) is 5.08. The van der Waals surface area contributed by atoms with E-state index in [1.165, 1.54) is 10.5 Å². The summed E-state index contributed by atoms with van der Waals surface area (Å²) in [5, 5.41) is 3.70. The highest BCUT2D eigenvalue weighted by molar-refractivity contribution is 8.09. The number of hydrogen-bond acceptors (Lipinski definition) is 2. The predicted molar refractivity (Wildman–Crippen MR) is 71.8 cm³/mol. The van der Waals surface area contributed by atoms with E-state index >= 15 is 0 Å². The minimum absolute atomic E-state index is 0.415. The molecule has 1 unspecified atom stereocenters. The third-order valence-corrected chi connectivity index (χ3v) is 3.84. The van der Waals surface area contributed by atoms with Crippen LogP contribution in [0.25, 0.3) is 4.91 Å². The van der Waals surface area contributed by atoms with E-state index in [0.717, 1.165) is 11.4 Å². The lowest BCUT2D eigenvalue weighted by molar-refractivity contribution is 0.790. The topological polar surface area (TPSA) is 12.0 Å². The lowest BCUT2D eigenvalue weighted by Gasteiger charge is -2.23. The van der Waals surface area contributed by atoms with E-state index in [0.29, 0.717) is 5.37 Å². The molecule has 0 bridgehead atoms. The van der Waals surface area contributed by atoms with Crippen LogP contribution < -0.4 is 5.32 Å². The van der Waals surface area contributed by atoms with E-state index in [-0.39, 0.29) is 0 Å². The molecule has 1 nitrogen and oxygen atoms in total. The third kappa shape index (κ3) is 2.61. The molecular weight excluding hydrogens is 222 g/mol. The van der Waals surface area contributed by atoms with E-state index in [4.69, 9.17) is 12.2 Å². The van der Waals surface area contributed by atoms with Gasteiger partial charge in [-0.1, -0.05) is 49.5 Å². The van der Waals surface area contributed by atoms with Crippen molar-refractivity contribution in [3.05, 3.63) is 42.0 Å². The van der Waals surface area contributed by atoms with Gasteiger partial charge in [-0.05, 0) is 18.1 Å². The zero-order chi connectivity index (χ0) is 10.7. The highest BCUT2D eigenvalue weighted by Gasteiger charge is 2.17. The summed E-state index contributed by atoms with van der Waals surface area (Å²) in [5.41, 5.74) is 1.25. The second-order valence-electron chi connectivity index (χ2n) is 3.40. The van der Waals surface area contributed by atoms with E-state index in [1.807, 2.05) is 23.9 Å². The summed E-state index contributed by atoms with van der Waals surface area (Å²) in [5.74, 6) is 0. The van der Waals surface area contributed by atoms with Crippen LogP contribution in [0.15, 0.2) is 36.4 Å². The fourth-order valence-corrected chi connectivity index (χ4v) is 3.00. The number of thioether (sulfide) groups is 1. The van der Waals surface area contributed by atoms with Crippen LogP contribution in [0.5, 0.6) is 0 Å². The molecule has 2 rings (SSSR count). The van der Waals surface area contributed by atoms with Crippen molar-refractivity contribution in [1.82, 2.24) is 5.32 Å². The maximum atomic E-state index is 5.23. The minimum atomic E-state index is 0.415. The number of nitrogens with one attached hydrogen (secondary N) is 1. The summed E-state index contributed by atoms with van der Waals surface area (Å²) in [4.78, 5) is 2.12. The quantitative estimate of drug-likeness (QED) is 0.789. The molecule has 3 heteroatoms. The lowest BCUT2D eigenvalue weighted by atomic mass is 10.2. The summed E-state index contributed by atoms with van der Waals surface area (Å²) in [7, 11) is 0. The maximum Gasteiger partial charge on any atom is 0.101 e. The summed E-state index contributed by atoms with van der Waals surface area (Å²) in [6.07, 6.45) is 3.12. The Balaban J connectivity index is 2.26. The Morgan fingerprint density at radius 2 is 2.07 bits per heavy atom. The molecule has 1 aromatic carbocycles. The van der Waals surface area contributed by atoms with Gasteiger partial charge in [0.15, 0.2) is 0 Å². The molecule has 1 aliphatic rings. The van der Waals surface area contributed by atoms with Gasteiger partial charge in [0.2, 0.25) is 0 Å². The summed E-state index contributed by atoms with van der Waals surface area (Å²) < 4.78 is 0. The smallest absolute Gasteiger partial charge is 0.101 e. The van der Waals surface area contributed by atoms with E-state index in [2.05, 4.69) is 36.5 Å². The molecule has 15 heavy (non-hydrogen) atoms. The van der Waals surface area contributed by atoms with Gasteiger partial charge in [0, 0.05) is 4.91 Å². The normalized spacial score (nSPS) is 20.7. The van der Waals surface area contributed by atoms with Gasteiger partial charge < -0.3 is 5.32 Å². The molecule has 1 atom stereocenters. The van der Waals surface area contributed by atoms with Gasteiger partial charge in [-0.2, -0.15) is 0 Å². The summed E-state index contributed by atoms with van der Waals surface area (Å²) >= 11 is 7.08. The molecule has 0 aliphatic carbocycles. The van der Waals surface area contributed by atoms with Gasteiger partial charge in [0.05, 0.1) is 5.37 Å². The van der Waals surface area contributed by atoms with Gasteiger partial charge in [0.25, 0.3) is 0 Å². The van der Waals surface area contributed by atoms with Gasteiger partial charge in [0.1, 0.15) is 4.99 Å². The van der Waals surface area contributed by atoms with Crippen LogP contribution in [0.4, 0.5) is 0 Å². The van der Waals surface area contributed by atoms with E-state index in [9.17, 15) is 0 Å². The third-order valence-electron chi connectivity index (χ3n) is 2.26. The van der Waals surface area contributed by atoms with Crippen molar-refractivity contribution in [3.8, 4) is 0 Å². The fraction of sp³-hybridized carbons (Fsp3) is 0.250. The first-order valence-electron chi connectivity index (χ1n) is 5.04. The maximum absolute atomic E-state index is 5.23. The van der Waals surface area contributed by atoms with Crippen molar-refractivity contribution in [2.45, 2.75) is 18.7 Å². The predicted octanol–water partition coefficient (Wildman–Crippen LogP) is 3.43. The Morgan fingerprint density at radius 1 is 1.33 bits per heavy atom. The first-order chi connectivity index (χ1) is 7.29. The number of hydrogen-bond donors (Lipinski definition) is 1. The average Bonchev–Trinajstić information content (AvgIpc) is 2.29. The molecule has 0 aromatic heterocycles. The van der Waals surface area contributed by atoms with Gasteiger partial charge in [-0.25, -0.2) is 0 Å². The summed E-state index contributed by atoms with van der Waals surface area (Å²) in [6, 6.07) is 10.4. The molecule has 78 valence electrons. The van der Waals surface area contributed by atoms with Crippen molar-refractivity contribution in [2.24, 2.45) is 0 Å². The Hall–Kier alpha value is -0.800. The Morgan fingerprint density at radius 3 is 2.73 bits per heavy atom. The van der Waals surface area contributed by atoms with E-state index < -0.39 is 0 Å². The molecular formula is C12H13NS2. The monoisotopic (exact) mass is 235 g/mol. The zero-order valence-corrected chi connectivity index (χ0v) is 10.2. The van der Waals surface area contributed by atoms with Crippen molar-refractivity contribution < 1.29 is 0 Å². The molecule has 1 aliphatic heterocycles. The molecule has 0 spiro atoms. The number of rotatable bonds is 2. The highest BCUT2D eigenvalue weighted by Crippen LogP contribution is 2.33. The molecule has 0 radical (unpaired) electrons. The van der Waals surface area contributed by atoms with Crippen LogP contribution in [0.1, 0.15) is 18.9 Å². The van der Waals surface area contributed by atoms with Crippen LogP contribution in [0.2, 0.25) is 0 Å². The van der Waals surface area contributed by atoms with Gasteiger partial charge in [-0.15, -0.1) is 11.8 Å². The van der Waals surface area contributed by atoms with Crippen molar-refractivity contribution in [2.75, 3.05) is 0 Å². The SMILES string of the molecule is CCC1NC(=S)C=C(c2ccccc2)S1. The first-order valence-corrected chi connectivity index (χ1v) is 6.32. The van der Waals surface area contributed by atoms with Crippen LogP contribution >= 0.6 is 24.0 Å². The summed E-state index contributed by atoms with van der Waals surface area (Å²) in [6.45, 7) is 2.17. The standard InChI is InChI=1S/C12H13NS2/c1-2-12-13-11(14)8-10(15-12)9-6-4-3-5-7-9/h3-8,12H,2H2,1H3,(H,13,14). The second kappa shape index (κ2) is 4.81. The van der Waals surface area contributed by atoms with Crippen LogP contribution in [0, 0.1) is 0 Å². The fourth-order valence-electron chi connectivity index (χ4n) is 1.48. The Bertz CT molecular complexity index is 384. The average molecular weight is 235 g/mol. The zero-order valence-electron chi connectivity index (χ0n) is 8.57. The molecule has 1 N–H and O–H groups in total. The molecule has 1 heterocycles. The largest absolute Gasteiger partial charge is 0.364 e. The van der Waals surface area contributed by atoms with Crippen LogP contribution in [-0.4, -0.2) is 10.4 Å². The Labute approximate surface area is 100.0 Å². The molecule has 0 saturated carbocycles. The minimum Gasteiger partial charge on any atom is -0.364 e. The molecule has 0 saturated heterocycles. The number of benzene rings is 1. The van der Waals surface area contributed by atoms with Gasteiger partial charge >= 0.3 is 0 Å². The molecule has 0 fully saturated rings. The van der Waals surface area contributed by atoms with Gasteiger partial charge in [-0.3, -0.25) is 0 Å². The van der Waals surface area contributed by atoms with Crippen molar-refractivity contribution >= 4 is 33.9 Å². The van der Waals surface area contributed by atoms with Crippen LogP contribution in [-0.2, 0) is 0 Å². The Kier molecular flexibility index (Phi) is 3.44. The molecule has 1 aromatic rings. The van der Waals surface area contributed by atoms with E-state index in [1.54, 1.807) is 0 Å².